The molecule has 0 aliphatic heterocycles. The number of halogens is 1. The number of benzene rings is 1. The van der Waals surface area contributed by atoms with Crippen LogP contribution < -0.4 is 0 Å². The summed E-state index contributed by atoms with van der Waals surface area (Å²) in [6, 6.07) is 7.64. The second kappa shape index (κ2) is 4.77. The third kappa shape index (κ3) is 2.44. The standard InChI is InChI=1S/C15H17ClO2/c1-15(2)12(13(15)14(17)18-3)9-6-10-4-7-11(16)8-5-10/h4-9,12-13H,1-3H3/b9-6+. The molecule has 18 heavy (non-hydrogen) atoms. The average molecular weight is 265 g/mol. The summed E-state index contributed by atoms with van der Waals surface area (Å²) in [5.41, 5.74) is 1.08. The molecule has 2 atom stereocenters. The van der Waals surface area contributed by atoms with Crippen LogP contribution in [-0.4, -0.2) is 13.1 Å². The summed E-state index contributed by atoms with van der Waals surface area (Å²) >= 11 is 5.83. The quantitative estimate of drug-likeness (QED) is 0.777. The van der Waals surface area contributed by atoms with Crippen molar-refractivity contribution >= 4 is 23.6 Å². The first-order valence-corrected chi connectivity index (χ1v) is 6.36. The van der Waals surface area contributed by atoms with Crippen LogP contribution in [0.25, 0.3) is 6.08 Å². The Morgan fingerprint density at radius 1 is 1.33 bits per heavy atom. The highest BCUT2D eigenvalue weighted by atomic mass is 35.5. The van der Waals surface area contributed by atoms with Crippen LogP contribution >= 0.6 is 11.6 Å². The topological polar surface area (TPSA) is 26.3 Å². The molecule has 1 aromatic rings. The molecular formula is C15H17ClO2. The molecule has 0 aromatic heterocycles. The molecule has 0 bridgehead atoms. The number of methoxy groups -OCH3 is 1. The largest absolute Gasteiger partial charge is 0.469 e. The number of allylic oxidation sites excluding steroid dienone is 1. The van der Waals surface area contributed by atoms with E-state index in [1.807, 2.05) is 30.3 Å². The Labute approximate surface area is 113 Å². The molecule has 0 radical (unpaired) electrons. The zero-order chi connectivity index (χ0) is 13.3. The van der Waals surface area contributed by atoms with Crippen LogP contribution in [0.15, 0.2) is 30.3 Å². The van der Waals surface area contributed by atoms with Crippen LogP contribution in [0.2, 0.25) is 5.02 Å². The maximum Gasteiger partial charge on any atom is 0.309 e. The van der Waals surface area contributed by atoms with Crippen molar-refractivity contribution < 1.29 is 9.53 Å². The summed E-state index contributed by atoms with van der Waals surface area (Å²) in [5.74, 6) is 0.109. The monoisotopic (exact) mass is 264 g/mol. The van der Waals surface area contributed by atoms with Gasteiger partial charge in [0.15, 0.2) is 0 Å². The Balaban J connectivity index is 2.07. The maximum atomic E-state index is 11.6. The van der Waals surface area contributed by atoms with Crippen molar-refractivity contribution in [3.05, 3.63) is 40.9 Å². The molecule has 0 saturated heterocycles. The van der Waals surface area contributed by atoms with E-state index < -0.39 is 0 Å². The van der Waals surface area contributed by atoms with E-state index in [2.05, 4.69) is 19.9 Å². The van der Waals surface area contributed by atoms with Crippen LogP contribution in [0.5, 0.6) is 0 Å². The number of rotatable bonds is 3. The molecule has 1 aliphatic rings. The van der Waals surface area contributed by atoms with E-state index in [-0.39, 0.29) is 23.2 Å². The van der Waals surface area contributed by atoms with E-state index >= 15 is 0 Å². The SMILES string of the molecule is COC(=O)C1C(/C=C/c2ccc(Cl)cc2)C1(C)C. The summed E-state index contributed by atoms with van der Waals surface area (Å²) in [5, 5.41) is 0.728. The highest BCUT2D eigenvalue weighted by Gasteiger charge is 2.61. The highest BCUT2D eigenvalue weighted by Crippen LogP contribution is 2.59. The van der Waals surface area contributed by atoms with Gasteiger partial charge in [-0.3, -0.25) is 4.79 Å². The van der Waals surface area contributed by atoms with Crippen LogP contribution in [-0.2, 0) is 9.53 Å². The number of carbonyl (C=O) groups is 1. The highest BCUT2D eigenvalue weighted by molar-refractivity contribution is 6.30. The fourth-order valence-electron chi connectivity index (χ4n) is 2.40. The molecule has 0 spiro atoms. The summed E-state index contributed by atoms with van der Waals surface area (Å²) in [6.07, 6.45) is 4.12. The molecule has 0 N–H and O–H groups in total. The molecule has 1 saturated carbocycles. The van der Waals surface area contributed by atoms with Gasteiger partial charge in [0, 0.05) is 5.02 Å². The molecular weight excluding hydrogens is 248 g/mol. The third-order valence-electron chi connectivity index (χ3n) is 3.73. The first kappa shape index (κ1) is 13.2. The molecule has 0 heterocycles. The molecule has 1 fully saturated rings. The molecule has 1 aliphatic carbocycles. The Morgan fingerprint density at radius 3 is 2.50 bits per heavy atom. The summed E-state index contributed by atoms with van der Waals surface area (Å²) in [4.78, 5) is 11.6. The second-order valence-corrected chi connectivity index (χ2v) is 5.70. The lowest BCUT2D eigenvalue weighted by molar-refractivity contribution is -0.143. The summed E-state index contributed by atoms with van der Waals surface area (Å²) < 4.78 is 4.82. The van der Waals surface area contributed by atoms with Gasteiger partial charge < -0.3 is 4.74 Å². The lowest BCUT2D eigenvalue weighted by Gasteiger charge is -1.99. The van der Waals surface area contributed by atoms with Crippen molar-refractivity contribution in [2.24, 2.45) is 17.3 Å². The van der Waals surface area contributed by atoms with Gasteiger partial charge in [0.2, 0.25) is 0 Å². The number of hydrogen-bond donors (Lipinski definition) is 0. The smallest absolute Gasteiger partial charge is 0.309 e. The normalized spacial score (nSPS) is 25.1. The van der Waals surface area contributed by atoms with Crippen LogP contribution in [0, 0.1) is 17.3 Å². The Kier molecular flexibility index (Phi) is 3.49. The minimum Gasteiger partial charge on any atom is -0.469 e. The predicted octanol–water partition coefficient (Wildman–Crippen LogP) is 3.80. The van der Waals surface area contributed by atoms with Gasteiger partial charge in [-0.1, -0.05) is 49.7 Å². The second-order valence-electron chi connectivity index (χ2n) is 5.26. The van der Waals surface area contributed by atoms with Gasteiger partial charge in [0.25, 0.3) is 0 Å². The van der Waals surface area contributed by atoms with Crippen molar-refractivity contribution in [2.75, 3.05) is 7.11 Å². The fraction of sp³-hybridized carbons (Fsp3) is 0.400. The Hall–Kier alpha value is -1.28. The molecule has 3 heteroatoms. The minimum atomic E-state index is -0.120. The van der Waals surface area contributed by atoms with Crippen molar-refractivity contribution in [2.45, 2.75) is 13.8 Å². The first-order valence-electron chi connectivity index (χ1n) is 5.98. The Morgan fingerprint density at radius 2 is 1.94 bits per heavy atom. The molecule has 1 aromatic carbocycles. The van der Waals surface area contributed by atoms with Gasteiger partial charge >= 0.3 is 5.97 Å². The lowest BCUT2D eigenvalue weighted by atomic mass is 10.1. The van der Waals surface area contributed by atoms with Crippen LogP contribution in [0.4, 0.5) is 0 Å². The molecule has 0 amide bonds. The van der Waals surface area contributed by atoms with E-state index in [9.17, 15) is 4.79 Å². The van der Waals surface area contributed by atoms with E-state index in [1.165, 1.54) is 7.11 Å². The van der Waals surface area contributed by atoms with Gasteiger partial charge in [-0.2, -0.15) is 0 Å². The Bertz CT molecular complexity index is 474. The van der Waals surface area contributed by atoms with Crippen molar-refractivity contribution in [1.82, 2.24) is 0 Å². The third-order valence-corrected chi connectivity index (χ3v) is 3.98. The first-order chi connectivity index (χ1) is 8.46. The molecule has 96 valence electrons. The van der Waals surface area contributed by atoms with E-state index in [0.717, 1.165) is 10.6 Å². The number of carbonyl (C=O) groups excluding carboxylic acids is 1. The van der Waals surface area contributed by atoms with Crippen molar-refractivity contribution in [1.29, 1.82) is 0 Å². The van der Waals surface area contributed by atoms with E-state index in [4.69, 9.17) is 16.3 Å². The molecule has 2 rings (SSSR count). The van der Waals surface area contributed by atoms with E-state index in [1.54, 1.807) is 0 Å². The van der Waals surface area contributed by atoms with E-state index in [0.29, 0.717) is 0 Å². The summed E-state index contributed by atoms with van der Waals surface area (Å²) in [6.45, 7) is 4.18. The molecule has 2 unspecified atom stereocenters. The number of esters is 1. The van der Waals surface area contributed by atoms with Gasteiger partial charge in [-0.25, -0.2) is 0 Å². The van der Waals surface area contributed by atoms with Crippen molar-refractivity contribution in [3.8, 4) is 0 Å². The fourth-order valence-corrected chi connectivity index (χ4v) is 2.53. The van der Waals surface area contributed by atoms with Crippen molar-refractivity contribution in [3.63, 3.8) is 0 Å². The van der Waals surface area contributed by atoms with Gasteiger partial charge in [0.05, 0.1) is 13.0 Å². The number of ether oxygens (including phenoxy) is 1. The predicted molar refractivity (Wildman–Crippen MR) is 73.3 cm³/mol. The zero-order valence-electron chi connectivity index (χ0n) is 10.8. The van der Waals surface area contributed by atoms with Crippen LogP contribution in [0.1, 0.15) is 19.4 Å². The lowest BCUT2D eigenvalue weighted by Crippen LogP contribution is -2.07. The average Bonchev–Trinajstić information content (AvgIpc) is 2.89. The summed E-state index contributed by atoms with van der Waals surface area (Å²) in [7, 11) is 1.44. The minimum absolute atomic E-state index is 0.00395. The van der Waals surface area contributed by atoms with Gasteiger partial charge in [-0.15, -0.1) is 0 Å². The molecule has 2 nitrogen and oxygen atoms in total. The number of hydrogen-bond acceptors (Lipinski definition) is 2. The van der Waals surface area contributed by atoms with Gasteiger partial charge in [0.1, 0.15) is 0 Å². The maximum absolute atomic E-state index is 11.6. The zero-order valence-corrected chi connectivity index (χ0v) is 11.6. The van der Waals surface area contributed by atoms with Gasteiger partial charge in [-0.05, 0) is 29.0 Å². The van der Waals surface area contributed by atoms with Crippen LogP contribution in [0.3, 0.4) is 0 Å².